The van der Waals surface area contributed by atoms with Crippen LogP contribution in [0, 0.1) is 20.8 Å². The number of esters is 1. The fourth-order valence-electron chi connectivity index (χ4n) is 3.96. The Kier molecular flexibility index (Phi) is 10.0. The molecule has 0 aliphatic rings. The first-order valence-electron chi connectivity index (χ1n) is 12.8. The van der Waals surface area contributed by atoms with E-state index in [-0.39, 0.29) is 25.4 Å². The summed E-state index contributed by atoms with van der Waals surface area (Å²) >= 11 is 0. The van der Waals surface area contributed by atoms with Gasteiger partial charge in [-0.15, -0.1) is 0 Å². The second kappa shape index (κ2) is 13.4. The highest BCUT2D eigenvalue weighted by Gasteiger charge is 2.12. The van der Waals surface area contributed by atoms with Gasteiger partial charge in [0.1, 0.15) is 11.5 Å². The van der Waals surface area contributed by atoms with Crippen LogP contribution in [-0.2, 0) is 19.1 Å². The Morgan fingerprint density at radius 2 is 1.50 bits per heavy atom. The average molecular weight is 517 g/mol. The van der Waals surface area contributed by atoms with Crippen molar-refractivity contribution in [2.45, 2.75) is 59.8 Å². The molecule has 0 aliphatic carbocycles. The summed E-state index contributed by atoms with van der Waals surface area (Å²) < 4.78 is 11.1. The molecule has 7 nitrogen and oxygen atoms in total. The lowest BCUT2D eigenvalue weighted by atomic mass is 10.0. The fraction of sp³-hybridized carbons (Fsp3) is 0.323. The number of carbonyl (C=O) groups excluding carboxylic acids is 3. The van der Waals surface area contributed by atoms with E-state index in [0.717, 1.165) is 33.7 Å². The van der Waals surface area contributed by atoms with E-state index in [0.29, 0.717) is 23.8 Å². The molecule has 0 saturated heterocycles. The average Bonchev–Trinajstić information content (AvgIpc) is 2.86. The van der Waals surface area contributed by atoms with Crippen LogP contribution in [-0.4, -0.2) is 24.4 Å². The molecule has 0 fully saturated rings. The summed E-state index contributed by atoms with van der Waals surface area (Å²) in [6.45, 7) is 9.71. The monoisotopic (exact) mass is 516 g/mol. The molecule has 7 heteroatoms. The van der Waals surface area contributed by atoms with Crippen LogP contribution >= 0.6 is 0 Å². The number of hydrogen-bond donors (Lipinski definition) is 2. The zero-order valence-corrected chi connectivity index (χ0v) is 22.7. The Morgan fingerprint density at radius 3 is 2.16 bits per heavy atom. The predicted octanol–water partition coefficient (Wildman–Crippen LogP) is 6.82. The summed E-state index contributed by atoms with van der Waals surface area (Å²) in [6, 6.07) is 19.1. The molecule has 0 aromatic heterocycles. The van der Waals surface area contributed by atoms with Crippen molar-refractivity contribution in [3.8, 4) is 11.5 Å². The Hall–Kier alpha value is -4.13. The third-order valence-electron chi connectivity index (χ3n) is 6.05. The third kappa shape index (κ3) is 8.47. The van der Waals surface area contributed by atoms with Gasteiger partial charge >= 0.3 is 5.97 Å². The quantitative estimate of drug-likeness (QED) is 0.273. The van der Waals surface area contributed by atoms with Crippen molar-refractivity contribution in [3.05, 3.63) is 82.9 Å². The minimum atomic E-state index is -0.520. The van der Waals surface area contributed by atoms with Gasteiger partial charge in [-0.25, -0.2) is 0 Å². The normalized spacial score (nSPS) is 10.7. The smallest absolute Gasteiger partial charge is 0.306 e. The van der Waals surface area contributed by atoms with E-state index in [1.807, 2.05) is 57.2 Å². The molecular formula is C31H36N2O5. The third-order valence-corrected chi connectivity index (χ3v) is 6.05. The highest BCUT2D eigenvalue weighted by atomic mass is 16.5. The predicted molar refractivity (Wildman–Crippen MR) is 150 cm³/mol. The van der Waals surface area contributed by atoms with Crippen molar-refractivity contribution in [2.24, 2.45) is 0 Å². The van der Waals surface area contributed by atoms with Gasteiger partial charge in [-0.05, 0) is 85.7 Å². The Morgan fingerprint density at radius 1 is 0.816 bits per heavy atom. The van der Waals surface area contributed by atoms with Gasteiger partial charge in [0.2, 0.25) is 5.91 Å². The van der Waals surface area contributed by atoms with E-state index >= 15 is 0 Å². The fourth-order valence-corrected chi connectivity index (χ4v) is 3.96. The second-order valence-electron chi connectivity index (χ2n) is 9.70. The molecule has 0 unspecified atom stereocenters. The van der Waals surface area contributed by atoms with Crippen LogP contribution in [0.3, 0.4) is 0 Å². The Balaban J connectivity index is 1.39. The number of anilines is 2. The SMILES string of the molecule is Cc1ccc(C(C)C)c(Oc2ccc(NC(=O)CCCC(=O)OCC(=O)Nc3c(C)cccc3C)cc2)c1. The molecule has 0 saturated carbocycles. The van der Waals surface area contributed by atoms with Gasteiger partial charge in [-0.1, -0.05) is 44.2 Å². The zero-order chi connectivity index (χ0) is 27.7. The van der Waals surface area contributed by atoms with Crippen LogP contribution in [0.25, 0.3) is 0 Å². The number of carbonyl (C=O) groups is 3. The van der Waals surface area contributed by atoms with Crippen LogP contribution in [0.4, 0.5) is 11.4 Å². The van der Waals surface area contributed by atoms with Crippen molar-refractivity contribution < 1.29 is 23.9 Å². The minimum Gasteiger partial charge on any atom is -0.457 e. The number of nitrogens with one attached hydrogen (secondary N) is 2. The van der Waals surface area contributed by atoms with Gasteiger partial charge in [-0.2, -0.15) is 0 Å². The summed E-state index contributed by atoms with van der Waals surface area (Å²) in [5.41, 5.74) is 5.49. The van der Waals surface area contributed by atoms with Crippen LogP contribution in [0.1, 0.15) is 61.3 Å². The Bertz CT molecular complexity index is 1260. The first kappa shape index (κ1) is 28.4. The number of rotatable bonds is 11. The molecule has 38 heavy (non-hydrogen) atoms. The molecule has 200 valence electrons. The summed E-state index contributed by atoms with van der Waals surface area (Å²) in [6.07, 6.45) is 0.518. The summed E-state index contributed by atoms with van der Waals surface area (Å²) in [7, 11) is 0. The molecule has 0 bridgehead atoms. The maximum absolute atomic E-state index is 12.3. The van der Waals surface area contributed by atoms with Crippen LogP contribution in [0.5, 0.6) is 11.5 Å². The van der Waals surface area contributed by atoms with Gasteiger partial charge in [0.15, 0.2) is 6.61 Å². The molecular weight excluding hydrogens is 480 g/mol. The lowest BCUT2D eigenvalue weighted by Gasteiger charge is -2.15. The summed E-state index contributed by atoms with van der Waals surface area (Å²) in [5, 5.41) is 5.60. The van der Waals surface area contributed by atoms with E-state index in [9.17, 15) is 14.4 Å². The maximum atomic E-state index is 12.3. The topological polar surface area (TPSA) is 93.7 Å². The molecule has 0 radical (unpaired) electrons. The van der Waals surface area contributed by atoms with Crippen LogP contribution in [0.15, 0.2) is 60.7 Å². The number of ether oxygens (including phenoxy) is 2. The standard InChI is InChI=1S/C31H36N2O5/c1-20(2)26-17-12-21(3)18-27(26)38-25-15-13-24(14-16-25)32-28(34)10-7-11-30(36)37-19-29(35)33-31-22(4)8-6-9-23(31)5/h6,8-9,12-18,20H,7,10-11,19H2,1-5H3,(H,32,34)(H,33,35). The van der Waals surface area contributed by atoms with Crippen molar-refractivity contribution >= 4 is 29.2 Å². The van der Waals surface area contributed by atoms with Crippen molar-refractivity contribution in [1.82, 2.24) is 0 Å². The first-order valence-corrected chi connectivity index (χ1v) is 12.8. The molecule has 0 atom stereocenters. The van der Waals surface area contributed by atoms with Gasteiger partial charge in [-0.3, -0.25) is 14.4 Å². The Labute approximate surface area is 224 Å². The van der Waals surface area contributed by atoms with Gasteiger partial charge in [0, 0.05) is 24.2 Å². The second-order valence-corrected chi connectivity index (χ2v) is 9.70. The number of aryl methyl sites for hydroxylation is 3. The van der Waals surface area contributed by atoms with Gasteiger partial charge in [0.25, 0.3) is 5.91 Å². The van der Waals surface area contributed by atoms with E-state index in [1.54, 1.807) is 12.1 Å². The van der Waals surface area contributed by atoms with Crippen LogP contribution < -0.4 is 15.4 Å². The minimum absolute atomic E-state index is 0.0472. The molecule has 2 N–H and O–H groups in total. The molecule has 0 spiro atoms. The first-order chi connectivity index (χ1) is 18.1. The highest BCUT2D eigenvalue weighted by molar-refractivity contribution is 5.94. The number of amides is 2. The number of para-hydroxylation sites is 1. The van der Waals surface area contributed by atoms with Gasteiger partial charge in [0.05, 0.1) is 0 Å². The number of benzene rings is 3. The lowest BCUT2D eigenvalue weighted by molar-refractivity contribution is -0.147. The van der Waals surface area contributed by atoms with Crippen molar-refractivity contribution in [3.63, 3.8) is 0 Å². The van der Waals surface area contributed by atoms with E-state index in [4.69, 9.17) is 9.47 Å². The summed E-state index contributed by atoms with van der Waals surface area (Å²) in [5.74, 6) is 0.712. The van der Waals surface area contributed by atoms with E-state index in [2.05, 4.69) is 36.6 Å². The summed E-state index contributed by atoms with van der Waals surface area (Å²) in [4.78, 5) is 36.4. The van der Waals surface area contributed by atoms with Gasteiger partial charge < -0.3 is 20.1 Å². The molecule has 0 heterocycles. The molecule has 2 amide bonds. The number of hydrogen-bond acceptors (Lipinski definition) is 5. The molecule has 0 aliphatic heterocycles. The highest BCUT2D eigenvalue weighted by Crippen LogP contribution is 2.32. The lowest BCUT2D eigenvalue weighted by Crippen LogP contribution is -2.22. The molecule has 3 rings (SSSR count). The largest absolute Gasteiger partial charge is 0.457 e. The van der Waals surface area contributed by atoms with Crippen LogP contribution in [0.2, 0.25) is 0 Å². The van der Waals surface area contributed by atoms with Crippen molar-refractivity contribution in [1.29, 1.82) is 0 Å². The van der Waals surface area contributed by atoms with E-state index < -0.39 is 11.9 Å². The van der Waals surface area contributed by atoms with Crippen molar-refractivity contribution in [2.75, 3.05) is 17.2 Å². The zero-order valence-electron chi connectivity index (χ0n) is 22.7. The van der Waals surface area contributed by atoms with E-state index in [1.165, 1.54) is 0 Å². The molecule has 3 aromatic carbocycles. The maximum Gasteiger partial charge on any atom is 0.306 e. The molecule has 3 aromatic rings.